The van der Waals surface area contributed by atoms with Crippen molar-refractivity contribution in [3.63, 3.8) is 0 Å². The number of hydrogen-bond donors (Lipinski definition) is 2. The van der Waals surface area contributed by atoms with Crippen LogP contribution < -0.4 is 11.3 Å². The van der Waals surface area contributed by atoms with Crippen molar-refractivity contribution in [1.82, 2.24) is 5.43 Å². The third-order valence-electron chi connectivity index (χ3n) is 7.00. The van der Waals surface area contributed by atoms with E-state index in [2.05, 4.69) is 5.43 Å². The highest BCUT2D eigenvalue weighted by Crippen LogP contribution is 2.52. The molecule has 2 bridgehead atoms. The fourth-order valence-electron chi connectivity index (χ4n) is 6.08. The van der Waals surface area contributed by atoms with Gasteiger partial charge in [0.25, 0.3) is 0 Å². The molecular formula is C17H30N2O. The summed E-state index contributed by atoms with van der Waals surface area (Å²) in [5, 5.41) is 0. The highest BCUT2D eigenvalue weighted by molar-refractivity contribution is 5.00. The van der Waals surface area contributed by atoms with Gasteiger partial charge in [-0.15, -0.1) is 0 Å². The van der Waals surface area contributed by atoms with E-state index in [0.29, 0.717) is 6.04 Å². The molecule has 0 aromatic heterocycles. The predicted octanol–water partition coefficient (Wildman–Crippen LogP) is 2.99. The summed E-state index contributed by atoms with van der Waals surface area (Å²) in [6.45, 7) is 0.962. The zero-order chi connectivity index (χ0) is 13.6. The number of hydrogen-bond acceptors (Lipinski definition) is 3. The van der Waals surface area contributed by atoms with E-state index >= 15 is 0 Å². The molecule has 1 saturated heterocycles. The molecule has 5 unspecified atom stereocenters. The van der Waals surface area contributed by atoms with Gasteiger partial charge in [-0.1, -0.05) is 19.3 Å². The van der Waals surface area contributed by atoms with Crippen LogP contribution in [0.5, 0.6) is 0 Å². The van der Waals surface area contributed by atoms with Crippen molar-refractivity contribution in [1.29, 1.82) is 0 Å². The quantitative estimate of drug-likeness (QED) is 0.616. The Morgan fingerprint density at radius 1 is 1.10 bits per heavy atom. The number of fused-ring (bicyclic) bond motifs is 2. The van der Waals surface area contributed by atoms with Gasteiger partial charge in [0.15, 0.2) is 0 Å². The summed E-state index contributed by atoms with van der Waals surface area (Å²) in [6.07, 6.45) is 13.6. The lowest BCUT2D eigenvalue weighted by Gasteiger charge is -2.44. The molecule has 4 aliphatic rings. The van der Waals surface area contributed by atoms with Gasteiger partial charge in [0.05, 0.1) is 5.60 Å². The number of rotatable bonds is 3. The highest BCUT2D eigenvalue weighted by Gasteiger charge is 2.48. The Labute approximate surface area is 123 Å². The van der Waals surface area contributed by atoms with Gasteiger partial charge in [0, 0.05) is 12.6 Å². The second-order valence-electron chi connectivity index (χ2n) is 8.02. The molecule has 1 heterocycles. The molecule has 114 valence electrons. The minimum Gasteiger partial charge on any atom is -0.375 e. The van der Waals surface area contributed by atoms with Crippen molar-refractivity contribution >= 4 is 0 Å². The maximum Gasteiger partial charge on any atom is 0.0685 e. The SMILES string of the molecule is NNC(C1CCOC2(CCCC2)C1)C1CC2CCC1C2. The molecule has 0 aromatic carbocycles. The molecule has 0 amide bonds. The van der Waals surface area contributed by atoms with E-state index < -0.39 is 0 Å². The van der Waals surface area contributed by atoms with Crippen molar-refractivity contribution in [3.05, 3.63) is 0 Å². The van der Waals surface area contributed by atoms with Gasteiger partial charge in [-0.05, 0) is 68.6 Å². The number of nitrogens with two attached hydrogens (primary N) is 1. The molecule has 3 aliphatic carbocycles. The van der Waals surface area contributed by atoms with E-state index in [4.69, 9.17) is 10.6 Å². The first-order valence-electron chi connectivity index (χ1n) is 8.90. The van der Waals surface area contributed by atoms with Crippen LogP contribution in [0.4, 0.5) is 0 Å². The first-order chi connectivity index (χ1) is 9.80. The van der Waals surface area contributed by atoms with Gasteiger partial charge >= 0.3 is 0 Å². The Morgan fingerprint density at radius 3 is 2.60 bits per heavy atom. The zero-order valence-corrected chi connectivity index (χ0v) is 12.7. The van der Waals surface area contributed by atoms with Crippen LogP contribution in [0.1, 0.15) is 64.2 Å². The third-order valence-corrected chi connectivity index (χ3v) is 7.00. The van der Waals surface area contributed by atoms with Gasteiger partial charge in [-0.25, -0.2) is 0 Å². The molecule has 0 radical (unpaired) electrons. The summed E-state index contributed by atoms with van der Waals surface area (Å²) in [4.78, 5) is 0. The van der Waals surface area contributed by atoms with Crippen LogP contribution >= 0.6 is 0 Å². The molecule has 20 heavy (non-hydrogen) atoms. The van der Waals surface area contributed by atoms with Crippen LogP contribution in [0.3, 0.4) is 0 Å². The number of nitrogens with one attached hydrogen (secondary N) is 1. The first kappa shape index (κ1) is 13.5. The van der Waals surface area contributed by atoms with Crippen LogP contribution in [-0.2, 0) is 4.74 Å². The Bertz CT molecular complexity index is 353. The summed E-state index contributed by atoms with van der Waals surface area (Å²) in [5.74, 6) is 9.58. The average Bonchev–Trinajstić information content (AvgIpc) is 3.17. The van der Waals surface area contributed by atoms with Crippen LogP contribution in [0.15, 0.2) is 0 Å². The molecule has 1 aliphatic heterocycles. The van der Waals surface area contributed by atoms with Crippen LogP contribution in [0.2, 0.25) is 0 Å². The largest absolute Gasteiger partial charge is 0.375 e. The molecule has 3 saturated carbocycles. The topological polar surface area (TPSA) is 47.3 Å². The normalized spacial score (nSPS) is 44.2. The molecule has 1 spiro atoms. The maximum absolute atomic E-state index is 6.21. The molecule has 5 atom stereocenters. The lowest BCUT2D eigenvalue weighted by atomic mass is 9.72. The fourth-order valence-corrected chi connectivity index (χ4v) is 6.08. The monoisotopic (exact) mass is 278 g/mol. The van der Waals surface area contributed by atoms with Crippen LogP contribution in [-0.4, -0.2) is 18.2 Å². The molecule has 3 heteroatoms. The summed E-state index contributed by atoms with van der Waals surface area (Å²) in [5.41, 5.74) is 3.48. The highest BCUT2D eigenvalue weighted by atomic mass is 16.5. The minimum absolute atomic E-state index is 0.232. The van der Waals surface area contributed by atoms with Gasteiger partial charge in [0.1, 0.15) is 0 Å². The predicted molar refractivity (Wildman–Crippen MR) is 79.9 cm³/mol. The van der Waals surface area contributed by atoms with E-state index in [1.807, 2.05) is 0 Å². The smallest absolute Gasteiger partial charge is 0.0685 e. The molecular weight excluding hydrogens is 248 g/mol. The average molecular weight is 278 g/mol. The summed E-state index contributed by atoms with van der Waals surface area (Å²) >= 11 is 0. The van der Waals surface area contributed by atoms with Gasteiger partial charge in [0.2, 0.25) is 0 Å². The lowest BCUT2D eigenvalue weighted by molar-refractivity contribution is -0.102. The number of ether oxygens (including phenoxy) is 1. The van der Waals surface area contributed by atoms with Crippen molar-refractivity contribution in [2.24, 2.45) is 29.5 Å². The summed E-state index contributed by atoms with van der Waals surface area (Å²) in [6, 6.07) is 0.548. The Hall–Kier alpha value is -0.120. The summed E-state index contributed by atoms with van der Waals surface area (Å²) < 4.78 is 6.21. The van der Waals surface area contributed by atoms with E-state index in [1.54, 1.807) is 0 Å². The van der Waals surface area contributed by atoms with E-state index in [9.17, 15) is 0 Å². The number of hydrazine groups is 1. The fraction of sp³-hybridized carbons (Fsp3) is 1.00. The summed E-state index contributed by atoms with van der Waals surface area (Å²) in [7, 11) is 0. The Morgan fingerprint density at radius 2 is 1.95 bits per heavy atom. The maximum atomic E-state index is 6.21. The van der Waals surface area contributed by atoms with E-state index in [0.717, 1.165) is 30.3 Å². The Kier molecular flexibility index (Phi) is 3.56. The van der Waals surface area contributed by atoms with Crippen LogP contribution in [0, 0.1) is 23.7 Å². The zero-order valence-electron chi connectivity index (χ0n) is 12.7. The molecule has 4 rings (SSSR count). The van der Waals surface area contributed by atoms with Gasteiger partial charge in [-0.3, -0.25) is 11.3 Å². The van der Waals surface area contributed by atoms with Crippen molar-refractivity contribution in [2.45, 2.75) is 75.9 Å². The Balaban J connectivity index is 1.47. The second kappa shape index (κ2) is 5.26. The van der Waals surface area contributed by atoms with Gasteiger partial charge < -0.3 is 4.74 Å². The van der Waals surface area contributed by atoms with Crippen LogP contribution in [0.25, 0.3) is 0 Å². The third kappa shape index (κ3) is 2.22. The van der Waals surface area contributed by atoms with E-state index in [-0.39, 0.29) is 5.60 Å². The molecule has 3 nitrogen and oxygen atoms in total. The van der Waals surface area contributed by atoms with Crippen molar-refractivity contribution in [3.8, 4) is 0 Å². The van der Waals surface area contributed by atoms with E-state index in [1.165, 1.54) is 64.2 Å². The molecule has 3 N–H and O–H groups in total. The van der Waals surface area contributed by atoms with Gasteiger partial charge in [-0.2, -0.15) is 0 Å². The van der Waals surface area contributed by atoms with Crippen molar-refractivity contribution in [2.75, 3.05) is 6.61 Å². The first-order valence-corrected chi connectivity index (χ1v) is 8.90. The second-order valence-corrected chi connectivity index (χ2v) is 8.02. The molecule has 4 fully saturated rings. The molecule has 0 aromatic rings. The lowest BCUT2D eigenvalue weighted by Crippen LogP contribution is -2.52. The minimum atomic E-state index is 0.232. The van der Waals surface area contributed by atoms with Crippen molar-refractivity contribution < 1.29 is 4.74 Å². The standard InChI is InChI=1S/C17H30N2O/c18-19-16(15-10-12-3-4-13(15)9-12)14-5-8-20-17(11-14)6-1-2-7-17/h12-16,19H,1-11,18H2.